The minimum Gasteiger partial charge on any atom is -0.380 e. The second-order valence-corrected chi connectivity index (χ2v) is 4.63. The molecule has 0 bridgehead atoms. The number of aliphatic hydroxyl groups excluding tert-OH is 1. The van der Waals surface area contributed by atoms with Crippen molar-refractivity contribution in [2.75, 3.05) is 0 Å². The average molecular weight is 315 g/mol. The molecule has 94 valence electrons. The molecule has 1 N–H and O–H groups in total. The van der Waals surface area contributed by atoms with E-state index in [9.17, 15) is 13.9 Å². The van der Waals surface area contributed by atoms with Crippen LogP contribution in [0.15, 0.2) is 29.0 Å². The van der Waals surface area contributed by atoms with Crippen LogP contribution in [0.4, 0.5) is 8.78 Å². The van der Waals surface area contributed by atoms with Crippen LogP contribution in [-0.4, -0.2) is 15.1 Å². The first kappa shape index (κ1) is 13.0. The van der Waals surface area contributed by atoms with Crippen LogP contribution in [0.2, 0.25) is 0 Å². The van der Waals surface area contributed by atoms with Gasteiger partial charge in [-0.1, -0.05) is 0 Å². The molecular formula is C12H9BrF2N2O. The number of aromatic nitrogens is 2. The van der Waals surface area contributed by atoms with Crippen LogP contribution in [0.1, 0.15) is 23.1 Å². The Balaban J connectivity index is 2.49. The number of aryl methyl sites for hydroxylation is 1. The van der Waals surface area contributed by atoms with Crippen LogP contribution in [0, 0.1) is 18.6 Å². The molecule has 18 heavy (non-hydrogen) atoms. The van der Waals surface area contributed by atoms with Crippen LogP contribution >= 0.6 is 15.9 Å². The van der Waals surface area contributed by atoms with Crippen molar-refractivity contribution in [3.8, 4) is 0 Å². The highest BCUT2D eigenvalue weighted by molar-refractivity contribution is 9.10. The zero-order valence-electron chi connectivity index (χ0n) is 9.36. The molecule has 1 aromatic carbocycles. The molecule has 1 aromatic heterocycles. The molecule has 0 aliphatic rings. The molecule has 0 radical (unpaired) electrons. The van der Waals surface area contributed by atoms with Crippen molar-refractivity contribution in [1.82, 2.24) is 9.97 Å². The van der Waals surface area contributed by atoms with Crippen molar-refractivity contribution >= 4 is 15.9 Å². The standard InChI is InChI=1S/C12H9BrF2N2O/c1-6-4-16-12(17-5-6)11(18)9-8(14)3-2-7(13)10(9)15/h2-5,11,18H,1H3. The van der Waals surface area contributed by atoms with E-state index in [0.29, 0.717) is 0 Å². The van der Waals surface area contributed by atoms with Crippen LogP contribution in [0.25, 0.3) is 0 Å². The summed E-state index contributed by atoms with van der Waals surface area (Å²) in [7, 11) is 0. The summed E-state index contributed by atoms with van der Waals surface area (Å²) >= 11 is 2.94. The summed E-state index contributed by atoms with van der Waals surface area (Å²) in [5.41, 5.74) is 0.328. The highest BCUT2D eigenvalue weighted by Gasteiger charge is 2.23. The lowest BCUT2D eigenvalue weighted by molar-refractivity contribution is 0.198. The predicted octanol–water partition coefficient (Wildman–Crippen LogP) is 2.91. The first-order valence-corrected chi connectivity index (χ1v) is 5.90. The summed E-state index contributed by atoms with van der Waals surface area (Å²) in [6.07, 6.45) is 1.40. The molecule has 0 amide bonds. The first-order chi connectivity index (χ1) is 8.50. The van der Waals surface area contributed by atoms with E-state index in [1.807, 2.05) is 0 Å². The lowest BCUT2D eigenvalue weighted by Gasteiger charge is -2.12. The smallest absolute Gasteiger partial charge is 0.161 e. The number of nitrogens with zero attached hydrogens (tertiary/aromatic N) is 2. The maximum Gasteiger partial charge on any atom is 0.161 e. The van der Waals surface area contributed by atoms with Crippen molar-refractivity contribution in [3.63, 3.8) is 0 Å². The van der Waals surface area contributed by atoms with Crippen molar-refractivity contribution in [2.45, 2.75) is 13.0 Å². The maximum atomic E-state index is 13.8. The fourth-order valence-corrected chi connectivity index (χ4v) is 1.81. The van der Waals surface area contributed by atoms with E-state index >= 15 is 0 Å². The quantitative estimate of drug-likeness (QED) is 0.867. The van der Waals surface area contributed by atoms with Gasteiger partial charge in [-0.15, -0.1) is 0 Å². The fourth-order valence-electron chi connectivity index (χ4n) is 1.47. The molecule has 0 saturated carbocycles. The first-order valence-electron chi connectivity index (χ1n) is 5.10. The Morgan fingerprint density at radius 2 is 1.83 bits per heavy atom. The zero-order valence-corrected chi connectivity index (χ0v) is 10.9. The third kappa shape index (κ3) is 2.39. The molecule has 0 aliphatic carbocycles. The molecule has 0 aliphatic heterocycles. The van der Waals surface area contributed by atoms with Crippen LogP contribution in [0.5, 0.6) is 0 Å². The number of aliphatic hydroxyl groups is 1. The van der Waals surface area contributed by atoms with Gasteiger partial charge in [0.05, 0.1) is 10.0 Å². The van der Waals surface area contributed by atoms with Crippen molar-refractivity contribution in [1.29, 1.82) is 0 Å². The molecule has 6 heteroatoms. The van der Waals surface area contributed by atoms with Gasteiger partial charge in [0.15, 0.2) is 5.82 Å². The summed E-state index contributed by atoms with van der Waals surface area (Å²) in [6.45, 7) is 1.77. The molecule has 2 rings (SSSR count). The minimum atomic E-state index is -1.54. The van der Waals surface area contributed by atoms with Crippen LogP contribution in [-0.2, 0) is 0 Å². The number of halogens is 3. The van der Waals surface area contributed by atoms with Gasteiger partial charge in [-0.25, -0.2) is 18.7 Å². The van der Waals surface area contributed by atoms with E-state index in [1.54, 1.807) is 6.92 Å². The van der Waals surface area contributed by atoms with E-state index in [0.717, 1.165) is 11.6 Å². The number of rotatable bonds is 2. The Morgan fingerprint density at radius 1 is 1.22 bits per heavy atom. The summed E-state index contributed by atoms with van der Waals surface area (Å²) in [5, 5.41) is 9.94. The SMILES string of the molecule is Cc1cnc(C(O)c2c(F)ccc(Br)c2F)nc1. The topological polar surface area (TPSA) is 46.0 Å². The molecule has 3 nitrogen and oxygen atoms in total. The van der Waals surface area contributed by atoms with Gasteiger partial charge in [-0.3, -0.25) is 0 Å². The molecule has 1 unspecified atom stereocenters. The molecule has 1 heterocycles. The Hall–Kier alpha value is -1.40. The lowest BCUT2D eigenvalue weighted by atomic mass is 10.1. The largest absolute Gasteiger partial charge is 0.380 e. The Morgan fingerprint density at radius 3 is 2.44 bits per heavy atom. The van der Waals surface area contributed by atoms with E-state index in [4.69, 9.17) is 0 Å². The predicted molar refractivity (Wildman–Crippen MR) is 64.9 cm³/mol. The Labute approximate surface area is 111 Å². The number of hydrogen-bond donors (Lipinski definition) is 1. The van der Waals surface area contributed by atoms with Crippen molar-refractivity contribution in [2.24, 2.45) is 0 Å². The summed E-state index contributed by atoms with van der Waals surface area (Å²) < 4.78 is 27.4. The molecule has 2 aromatic rings. The molecule has 0 spiro atoms. The van der Waals surface area contributed by atoms with E-state index < -0.39 is 23.3 Å². The molecule has 0 saturated heterocycles. The zero-order chi connectivity index (χ0) is 13.3. The third-order valence-electron chi connectivity index (χ3n) is 2.40. The van der Waals surface area contributed by atoms with Gasteiger partial charge in [-0.05, 0) is 40.5 Å². The van der Waals surface area contributed by atoms with E-state index in [2.05, 4.69) is 25.9 Å². The molecule has 1 atom stereocenters. The Bertz CT molecular complexity index is 575. The minimum absolute atomic E-state index is 0.0449. The summed E-state index contributed by atoms with van der Waals surface area (Å²) in [4.78, 5) is 7.71. The van der Waals surface area contributed by atoms with E-state index in [-0.39, 0.29) is 10.3 Å². The number of hydrogen-bond acceptors (Lipinski definition) is 3. The van der Waals surface area contributed by atoms with Gasteiger partial charge >= 0.3 is 0 Å². The second-order valence-electron chi connectivity index (χ2n) is 3.78. The van der Waals surface area contributed by atoms with Gasteiger partial charge in [0.1, 0.15) is 17.7 Å². The molecular weight excluding hydrogens is 306 g/mol. The third-order valence-corrected chi connectivity index (χ3v) is 3.01. The van der Waals surface area contributed by atoms with Gasteiger partial charge in [0.2, 0.25) is 0 Å². The van der Waals surface area contributed by atoms with Gasteiger partial charge in [0.25, 0.3) is 0 Å². The van der Waals surface area contributed by atoms with Crippen LogP contribution in [0.3, 0.4) is 0 Å². The molecule has 0 fully saturated rings. The fraction of sp³-hybridized carbons (Fsp3) is 0.167. The Kier molecular flexibility index (Phi) is 3.68. The van der Waals surface area contributed by atoms with Crippen molar-refractivity contribution in [3.05, 3.63) is 57.6 Å². The van der Waals surface area contributed by atoms with Crippen LogP contribution < -0.4 is 0 Å². The monoisotopic (exact) mass is 314 g/mol. The highest BCUT2D eigenvalue weighted by atomic mass is 79.9. The normalized spacial score (nSPS) is 12.5. The lowest BCUT2D eigenvalue weighted by Crippen LogP contribution is -2.10. The maximum absolute atomic E-state index is 13.8. The highest BCUT2D eigenvalue weighted by Crippen LogP contribution is 2.29. The van der Waals surface area contributed by atoms with Gasteiger partial charge < -0.3 is 5.11 Å². The summed E-state index contributed by atoms with van der Waals surface area (Å²) in [6, 6.07) is 2.30. The number of benzene rings is 1. The summed E-state index contributed by atoms with van der Waals surface area (Å²) in [5.74, 6) is -1.74. The van der Waals surface area contributed by atoms with Gasteiger partial charge in [-0.2, -0.15) is 0 Å². The van der Waals surface area contributed by atoms with Gasteiger partial charge in [0, 0.05) is 12.4 Å². The second kappa shape index (κ2) is 5.07. The average Bonchev–Trinajstić information content (AvgIpc) is 2.35. The van der Waals surface area contributed by atoms with Crippen molar-refractivity contribution < 1.29 is 13.9 Å². The van der Waals surface area contributed by atoms with E-state index in [1.165, 1.54) is 18.5 Å².